The predicted octanol–water partition coefficient (Wildman–Crippen LogP) is 1.65. The summed E-state index contributed by atoms with van der Waals surface area (Å²) in [5.74, 6) is 0.866. The SMILES string of the molecule is Cc1ccc(-n2nnnc2N2CC[C@H](N3CCCC3)C2)cc1. The summed E-state index contributed by atoms with van der Waals surface area (Å²) in [7, 11) is 0. The molecule has 116 valence electrons. The van der Waals surface area contributed by atoms with Gasteiger partial charge in [0, 0.05) is 19.1 Å². The van der Waals surface area contributed by atoms with Gasteiger partial charge in [0.1, 0.15) is 0 Å². The molecule has 3 heterocycles. The van der Waals surface area contributed by atoms with E-state index < -0.39 is 0 Å². The van der Waals surface area contributed by atoms with Gasteiger partial charge < -0.3 is 4.90 Å². The molecule has 4 rings (SSSR count). The van der Waals surface area contributed by atoms with Gasteiger partial charge in [-0.3, -0.25) is 4.90 Å². The van der Waals surface area contributed by atoms with Crippen LogP contribution in [0.1, 0.15) is 24.8 Å². The molecule has 0 bridgehead atoms. The van der Waals surface area contributed by atoms with Crippen LogP contribution in [0.25, 0.3) is 5.69 Å². The Morgan fingerprint density at radius 1 is 1.05 bits per heavy atom. The fourth-order valence-electron chi connectivity index (χ4n) is 3.56. The number of hydrogen-bond donors (Lipinski definition) is 0. The van der Waals surface area contributed by atoms with E-state index in [-0.39, 0.29) is 0 Å². The van der Waals surface area contributed by atoms with Crippen molar-refractivity contribution >= 4 is 5.95 Å². The summed E-state index contributed by atoms with van der Waals surface area (Å²) in [6.45, 7) is 6.66. The standard InChI is InChI=1S/C16H22N6/c1-13-4-6-14(7-5-13)22-16(17-18-19-22)21-11-8-15(12-21)20-9-2-3-10-20/h4-7,15H,2-3,8-12H2,1H3/t15-/m0/s1. The fraction of sp³-hybridized carbons (Fsp3) is 0.562. The topological polar surface area (TPSA) is 50.1 Å². The second kappa shape index (κ2) is 5.68. The van der Waals surface area contributed by atoms with Crippen LogP contribution in [0.4, 0.5) is 5.95 Å². The Bertz CT molecular complexity index is 628. The maximum absolute atomic E-state index is 4.27. The number of rotatable bonds is 3. The zero-order valence-corrected chi connectivity index (χ0v) is 13.0. The van der Waals surface area contributed by atoms with Crippen LogP contribution >= 0.6 is 0 Å². The van der Waals surface area contributed by atoms with Crippen LogP contribution in [0.3, 0.4) is 0 Å². The highest BCUT2D eigenvalue weighted by Gasteiger charge is 2.31. The Hall–Kier alpha value is -1.95. The number of nitrogens with zero attached hydrogens (tertiary/aromatic N) is 6. The lowest BCUT2D eigenvalue weighted by atomic mass is 10.2. The zero-order valence-electron chi connectivity index (χ0n) is 13.0. The first-order valence-electron chi connectivity index (χ1n) is 8.16. The third-order valence-corrected chi connectivity index (χ3v) is 4.83. The van der Waals surface area contributed by atoms with Gasteiger partial charge in [-0.05, 0) is 61.8 Å². The highest BCUT2D eigenvalue weighted by atomic mass is 15.6. The molecule has 2 aliphatic heterocycles. The molecule has 2 saturated heterocycles. The summed E-state index contributed by atoms with van der Waals surface area (Å²) >= 11 is 0. The molecule has 1 atom stereocenters. The molecular formula is C16H22N6. The first-order valence-corrected chi connectivity index (χ1v) is 8.16. The smallest absolute Gasteiger partial charge is 0.250 e. The highest BCUT2D eigenvalue weighted by molar-refractivity contribution is 5.42. The largest absolute Gasteiger partial charge is 0.338 e. The summed E-state index contributed by atoms with van der Waals surface area (Å²) in [6.07, 6.45) is 3.90. The number of tetrazole rings is 1. The van der Waals surface area contributed by atoms with E-state index >= 15 is 0 Å². The predicted molar refractivity (Wildman–Crippen MR) is 85.3 cm³/mol. The van der Waals surface area contributed by atoms with Crippen molar-refractivity contribution in [1.29, 1.82) is 0 Å². The van der Waals surface area contributed by atoms with Crippen LogP contribution in [0.5, 0.6) is 0 Å². The van der Waals surface area contributed by atoms with E-state index in [0.717, 1.165) is 24.7 Å². The quantitative estimate of drug-likeness (QED) is 0.862. The van der Waals surface area contributed by atoms with Crippen molar-refractivity contribution in [3.05, 3.63) is 29.8 Å². The number of aromatic nitrogens is 4. The summed E-state index contributed by atoms with van der Waals surface area (Å²) in [5, 5.41) is 12.3. The summed E-state index contributed by atoms with van der Waals surface area (Å²) in [6, 6.07) is 8.99. The Balaban J connectivity index is 1.54. The van der Waals surface area contributed by atoms with Gasteiger partial charge >= 0.3 is 0 Å². The van der Waals surface area contributed by atoms with Crippen molar-refractivity contribution in [2.45, 2.75) is 32.2 Å². The van der Waals surface area contributed by atoms with E-state index in [1.54, 1.807) is 0 Å². The molecule has 0 radical (unpaired) electrons. The van der Waals surface area contributed by atoms with Gasteiger partial charge in [-0.25, -0.2) is 0 Å². The Morgan fingerprint density at radius 3 is 2.59 bits per heavy atom. The monoisotopic (exact) mass is 298 g/mol. The van der Waals surface area contributed by atoms with Gasteiger partial charge in [0.15, 0.2) is 0 Å². The molecule has 6 heteroatoms. The average molecular weight is 298 g/mol. The second-order valence-electron chi connectivity index (χ2n) is 6.36. The number of benzene rings is 1. The third-order valence-electron chi connectivity index (χ3n) is 4.83. The molecule has 22 heavy (non-hydrogen) atoms. The highest BCUT2D eigenvalue weighted by Crippen LogP contribution is 2.25. The fourth-order valence-corrected chi connectivity index (χ4v) is 3.56. The van der Waals surface area contributed by atoms with Gasteiger partial charge in [0.2, 0.25) is 5.95 Å². The zero-order chi connectivity index (χ0) is 14.9. The first kappa shape index (κ1) is 13.7. The van der Waals surface area contributed by atoms with Crippen LogP contribution in [0.2, 0.25) is 0 Å². The van der Waals surface area contributed by atoms with E-state index in [9.17, 15) is 0 Å². The molecule has 0 unspecified atom stereocenters. The van der Waals surface area contributed by atoms with Crippen LogP contribution in [-0.2, 0) is 0 Å². The number of hydrogen-bond acceptors (Lipinski definition) is 5. The molecule has 2 aromatic rings. The lowest BCUT2D eigenvalue weighted by molar-refractivity contribution is 0.260. The van der Waals surface area contributed by atoms with E-state index in [0.29, 0.717) is 6.04 Å². The van der Waals surface area contributed by atoms with Gasteiger partial charge in [0.25, 0.3) is 0 Å². The van der Waals surface area contributed by atoms with Crippen molar-refractivity contribution in [3.63, 3.8) is 0 Å². The molecule has 2 aliphatic rings. The van der Waals surface area contributed by atoms with E-state index in [2.05, 4.69) is 56.5 Å². The van der Waals surface area contributed by atoms with Gasteiger partial charge in [0.05, 0.1) is 5.69 Å². The molecule has 1 aromatic carbocycles. The molecular weight excluding hydrogens is 276 g/mol. The van der Waals surface area contributed by atoms with Crippen molar-refractivity contribution in [3.8, 4) is 5.69 Å². The molecule has 6 nitrogen and oxygen atoms in total. The first-order chi connectivity index (χ1) is 10.8. The van der Waals surface area contributed by atoms with E-state index in [4.69, 9.17) is 0 Å². The summed E-state index contributed by atoms with van der Waals surface area (Å²) < 4.78 is 1.85. The normalized spacial score (nSPS) is 22.6. The van der Waals surface area contributed by atoms with Crippen LogP contribution < -0.4 is 4.90 Å². The van der Waals surface area contributed by atoms with Crippen molar-refractivity contribution in [1.82, 2.24) is 25.1 Å². The minimum absolute atomic E-state index is 0.658. The molecule has 0 saturated carbocycles. The van der Waals surface area contributed by atoms with Crippen molar-refractivity contribution < 1.29 is 0 Å². The van der Waals surface area contributed by atoms with E-state index in [1.165, 1.54) is 37.9 Å². The maximum Gasteiger partial charge on any atom is 0.250 e. The van der Waals surface area contributed by atoms with Crippen LogP contribution in [0.15, 0.2) is 24.3 Å². The second-order valence-corrected chi connectivity index (χ2v) is 6.36. The molecule has 0 spiro atoms. The molecule has 1 aromatic heterocycles. The molecule has 0 amide bonds. The van der Waals surface area contributed by atoms with Gasteiger partial charge in [-0.1, -0.05) is 22.8 Å². The van der Waals surface area contributed by atoms with Crippen molar-refractivity contribution in [2.24, 2.45) is 0 Å². The van der Waals surface area contributed by atoms with Gasteiger partial charge in [-0.2, -0.15) is 4.68 Å². The van der Waals surface area contributed by atoms with Gasteiger partial charge in [-0.15, -0.1) is 0 Å². The van der Waals surface area contributed by atoms with Crippen LogP contribution in [0, 0.1) is 6.92 Å². The number of aryl methyl sites for hydroxylation is 1. The number of anilines is 1. The minimum Gasteiger partial charge on any atom is -0.338 e. The molecule has 0 N–H and O–H groups in total. The van der Waals surface area contributed by atoms with E-state index in [1.807, 2.05) is 4.68 Å². The number of likely N-dealkylation sites (tertiary alicyclic amines) is 1. The Kier molecular flexibility index (Phi) is 3.54. The lowest BCUT2D eigenvalue weighted by Crippen LogP contribution is -2.35. The molecule has 2 fully saturated rings. The van der Waals surface area contributed by atoms with Crippen LogP contribution in [-0.4, -0.2) is 57.3 Å². The molecule has 0 aliphatic carbocycles. The Morgan fingerprint density at radius 2 is 1.82 bits per heavy atom. The third kappa shape index (κ3) is 2.47. The average Bonchev–Trinajstić information content (AvgIpc) is 3.27. The summed E-state index contributed by atoms with van der Waals surface area (Å²) in [4.78, 5) is 4.95. The lowest BCUT2D eigenvalue weighted by Gasteiger charge is -2.23. The maximum atomic E-state index is 4.27. The summed E-state index contributed by atoms with van der Waals surface area (Å²) in [5.41, 5.74) is 2.27. The van der Waals surface area contributed by atoms with Crippen molar-refractivity contribution in [2.75, 3.05) is 31.1 Å². The Labute approximate surface area is 130 Å². The minimum atomic E-state index is 0.658.